The van der Waals surface area contributed by atoms with Gasteiger partial charge in [-0.25, -0.2) is 9.18 Å². The normalized spacial score (nSPS) is 13.7. The van der Waals surface area contributed by atoms with Gasteiger partial charge in [0.2, 0.25) is 6.30 Å². The zero-order valence-electron chi connectivity index (χ0n) is 16.2. The van der Waals surface area contributed by atoms with E-state index < -0.39 is 12.3 Å². The predicted molar refractivity (Wildman–Crippen MR) is 99.8 cm³/mol. The Labute approximate surface area is 149 Å². The number of halogens is 1. The van der Waals surface area contributed by atoms with Crippen molar-refractivity contribution in [1.29, 1.82) is 0 Å². The predicted octanol–water partition coefficient (Wildman–Crippen LogP) is 5.91. The summed E-state index contributed by atoms with van der Waals surface area (Å²) >= 11 is 0. The highest BCUT2D eigenvalue weighted by molar-refractivity contribution is 5.74. The van der Waals surface area contributed by atoms with Gasteiger partial charge in [-0.15, -0.1) is 0 Å². The summed E-state index contributed by atoms with van der Waals surface area (Å²) in [6.45, 7) is 6.25. The van der Waals surface area contributed by atoms with Gasteiger partial charge in [0.15, 0.2) is 0 Å². The van der Waals surface area contributed by atoms with E-state index in [4.69, 9.17) is 4.74 Å². The summed E-state index contributed by atoms with van der Waals surface area (Å²) in [5.41, 5.74) is 0. The van der Waals surface area contributed by atoms with Crippen LogP contribution < -0.4 is 5.32 Å². The number of rotatable bonds is 17. The molecule has 2 unspecified atom stereocenters. The van der Waals surface area contributed by atoms with Gasteiger partial charge in [0.25, 0.3) is 0 Å². The topological polar surface area (TPSA) is 38.3 Å². The zero-order valence-corrected chi connectivity index (χ0v) is 16.2. The average Bonchev–Trinajstić information content (AvgIpc) is 2.56. The Hall–Kier alpha value is -0.640. The molecule has 3 nitrogen and oxygen atoms in total. The number of nitrogens with one attached hydrogen (secondary N) is 1. The first-order chi connectivity index (χ1) is 11.7. The van der Waals surface area contributed by atoms with Crippen molar-refractivity contribution in [1.82, 2.24) is 5.32 Å². The molecule has 0 aromatic rings. The van der Waals surface area contributed by atoms with E-state index in [9.17, 15) is 9.18 Å². The van der Waals surface area contributed by atoms with Crippen LogP contribution in [-0.2, 0) is 9.53 Å². The van der Waals surface area contributed by atoms with Crippen molar-refractivity contribution in [3.8, 4) is 0 Å². The minimum atomic E-state index is -1.69. The summed E-state index contributed by atoms with van der Waals surface area (Å²) in [5.74, 6) is -0.790. The number of ether oxygens (including phenoxy) is 1. The molecule has 4 heteroatoms. The maximum atomic E-state index is 13.8. The van der Waals surface area contributed by atoms with E-state index in [1.165, 1.54) is 57.8 Å². The molecule has 0 radical (unpaired) electrons. The molecule has 0 saturated carbocycles. The first-order valence-electron chi connectivity index (χ1n) is 10.2. The lowest BCUT2D eigenvalue weighted by atomic mass is 10.0. The molecule has 0 aliphatic rings. The molecule has 0 aromatic heterocycles. The maximum absolute atomic E-state index is 13.8. The van der Waals surface area contributed by atoms with Gasteiger partial charge in [0.1, 0.15) is 0 Å². The molecule has 0 aliphatic heterocycles. The number of carbonyl (C=O) groups excluding carboxylic acids is 1. The van der Waals surface area contributed by atoms with Crippen LogP contribution in [0.15, 0.2) is 0 Å². The van der Waals surface area contributed by atoms with E-state index in [1.807, 2.05) is 0 Å². The van der Waals surface area contributed by atoms with Gasteiger partial charge in [0.05, 0.1) is 6.61 Å². The van der Waals surface area contributed by atoms with Crippen LogP contribution in [0.1, 0.15) is 104 Å². The Balaban J connectivity index is 3.69. The standard InChI is InChI=1S/C20H40FNO2/c1-4-7-8-9-10-11-12-13-14-15-17-18(16-5-2)22-19(21)20(23)24-6-3/h18-19,22H,4-17H2,1-3H3. The zero-order chi connectivity index (χ0) is 18.0. The summed E-state index contributed by atoms with van der Waals surface area (Å²) in [6.07, 6.45) is 14.2. The van der Waals surface area contributed by atoms with Gasteiger partial charge in [-0.2, -0.15) is 0 Å². The number of carbonyl (C=O) groups is 1. The highest BCUT2D eigenvalue weighted by Crippen LogP contribution is 2.14. The third-order valence-corrected chi connectivity index (χ3v) is 4.42. The summed E-state index contributed by atoms with van der Waals surface area (Å²) in [5, 5.41) is 2.79. The molecule has 144 valence electrons. The van der Waals surface area contributed by atoms with E-state index in [2.05, 4.69) is 19.2 Å². The molecule has 1 N–H and O–H groups in total. The Kier molecular flexibility index (Phi) is 16.7. The highest BCUT2D eigenvalue weighted by Gasteiger charge is 2.21. The molecule has 0 fully saturated rings. The first kappa shape index (κ1) is 23.4. The van der Waals surface area contributed by atoms with E-state index in [-0.39, 0.29) is 12.6 Å². The largest absolute Gasteiger partial charge is 0.463 e. The monoisotopic (exact) mass is 345 g/mol. The number of unbranched alkanes of at least 4 members (excludes halogenated alkanes) is 9. The van der Waals surface area contributed by atoms with Crippen molar-refractivity contribution in [2.45, 2.75) is 117 Å². The lowest BCUT2D eigenvalue weighted by Crippen LogP contribution is -2.41. The lowest BCUT2D eigenvalue weighted by Gasteiger charge is -2.20. The van der Waals surface area contributed by atoms with E-state index in [0.717, 1.165) is 25.7 Å². The number of esters is 1. The van der Waals surface area contributed by atoms with Crippen molar-refractivity contribution in [2.24, 2.45) is 0 Å². The van der Waals surface area contributed by atoms with Crippen LogP contribution in [0.4, 0.5) is 4.39 Å². The maximum Gasteiger partial charge on any atom is 0.356 e. The Morgan fingerprint density at radius 1 is 0.833 bits per heavy atom. The van der Waals surface area contributed by atoms with Crippen LogP contribution >= 0.6 is 0 Å². The third kappa shape index (κ3) is 13.8. The highest BCUT2D eigenvalue weighted by atomic mass is 19.1. The van der Waals surface area contributed by atoms with Crippen LogP contribution in [-0.4, -0.2) is 24.9 Å². The Bertz CT molecular complexity index is 287. The second kappa shape index (κ2) is 17.2. The number of hydrogen-bond acceptors (Lipinski definition) is 3. The van der Waals surface area contributed by atoms with Crippen LogP contribution in [0, 0.1) is 0 Å². The van der Waals surface area contributed by atoms with Crippen LogP contribution in [0.3, 0.4) is 0 Å². The molecule has 0 bridgehead atoms. The van der Waals surface area contributed by atoms with Crippen molar-refractivity contribution >= 4 is 5.97 Å². The third-order valence-electron chi connectivity index (χ3n) is 4.42. The van der Waals surface area contributed by atoms with Gasteiger partial charge in [-0.3, -0.25) is 5.32 Å². The molecule has 0 aromatic carbocycles. The van der Waals surface area contributed by atoms with Gasteiger partial charge in [0, 0.05) is 6.04 Å². The SMILES string of the molecule is CCCCCCCCCCCCC(CCC)NC(F)C(=O)OCC. The number of hydrogen-bond donors (Lipinski definition) is 1. The smallest absolute Gasteiger partial charge is 0.356 e. The van der Waals surface area contributed by atoms with Gasteiger partial charge >= 0.3 is 5.97 Å². The van der Waals surface area contributed by atoms with Crippen molar-refractivity contribution in [3.63, 3.8) is 0 Å². The lowest BCUT2D eigenvalue weighted by molar-refractivity contribution is -0.150. The molecule has 24 heavy (non-hydrogen) atoms. The average molecular weight is 346 g/mol. The van der Waals surface area contributed by atoms with Crippen LogP contribution in [0.5, 0.6) is 0 Å². The molecule has 0 rings (SSSR count). The van der Waals surface area contributed by atoms with Gasteiger partial charge < -0.3 is 4.74 Å². The number of alkyl halides is 1. The molecule has 0 spiro atoms. The second-order valence-corrected chi connectivity index (χ2v) is 6.74. The van der Waals surface area contributed by atoms with Crippen molar-refractivity contribution in [3.05, 3.63) is 0 Å². The molecular formula is C20H40FNO2. The van der Waals surface area contributed by atoms with Gasteiger partial charge in [-0.05, 0) is 19.8 Å². The Morgan fingerprint density at radius 3 is 1.88 bits per heavy atom. The fraction of sp³-hybridized carbons (Fsp3) is 0.950. The summed E-state index contributed by atoms with van der Waals surface area (Å²) in [7, 11) is 0. The van der Waals surface area contributed by atoms with E-state index >= 15 is 0 Å². The quantitative estimate of drug-likeness (QED) is 0.202. The Morgan fingerprint density at radius 2 is 1.38 bits per heavy atom. The molecule has 0 amide bonds. The van der Waals surface area contributed by atoms with Crippen molar-refractivity contribution < 1.29 is 13.9 Å². The minimum Gasteiger partial charge on any atom is -0.463 e. The fourth-order valence-corrected chi connectivity index (χ4v) is 3.03. The summed E-state index contributed by atoms with van der Waals surface area (Å²) < 4.78 is 18.5. The van der Waals surface area contributed by atoms with E-state index in [1.54, 1.807) is 6.92 Å². The molecule has 0 saturated heterocycles. The summed E-state index contributed by atoms with van der Waals surface area (Å²) in [4.78, 5) is 11.4. The first-order valence-corrected chi connectivity index (χ1v) is 10.2. The molecule has 0 heterocycles. The van der Waals surface area contributed by atoms with Gasteiger partial charge in [-0.1, -0.05) is 84.5 Å². The van der Waals surface area contributed by atoms with Crippen LogP contribution in [0.25, 0.3) is 0 Å². The minimum absolute atomic E-state index is 0.0726. The molecular weight excluding hydrogens is 305 g/mol. The van der Waals surface area contributed by atoms with E-state index in [0.29, 0.717) is 0 Å². The summed E-state index contributed by atoms with van der Waals surface area (Å²) in [6, 6.07) is 0.0726. The fourth-order valence-electron chi connectivity index (χ4n) is 3.03. The van der Waals surface area contributed by atoms with Crippen molar-refractivity contribution in [2.75, 3.05) is 6.61 Å². The van der Waals surface area contributed by atoms with Crippen LogP contribution in [0.2, 0.25) is 0 Å². The molecule has 2 atom stereocenters. The second-order valence-electron chi connectivity index (χ2n) is 6.74. The molecule has 0 aliphatic carbocycles.